The van der Waals surface area contributed by atoms with Gasteiger partial charge in [-0.1, -0.05) is 17.7 Å². The molecule has 0 saturated carbocycles. The fourth-order valence-corrected chi connectivity index (χ4v) is 1.80. The van der Waals surface area contributed by atoms with Crippen LogP contribution in [0.1, 0.15) is 5.56 Å². The van der Waals surface area contributed by atoms with E-state index in [9.17, 15) is 0 Å². The lowest BCUT2D eigenvalue weighted by molar-refractivity contribution is 0.174. The second-order valence-electron chi connectivity index (χ2n) is 3.83. The summed E-state index contributed by atoms with van der Waals surface area (Å²) in [5.41, 5.74) is 3.71. The fraction of sp³-hybridized carbons (Fsp3) is 0.0769. The molecule has 0 atom stereocenters. The molecule has 0 radical (unpaired) electrons. The summed E-state index contributed by atoms with van der Waals surface area (Å²) in [4.78, 5) is 4.06. The second kappa shape index (κ2) is 5.16. The van der Waals surface area contributed by atoms with Crippen molar-refractivity contribution in [2.45, 2.75) is 0 Å². The monoisotopic (exact) mass is 275 g/mol. The maximum absolute atomic E-state index is 5.77. The van der Waals surface area contributed by atoms with Crippen molar-refractivity contribution in [2.75, 3.05) is 12.2 Å². The topological polar surface area (TPSA) is 55.7 Å². The summed E-state index contributed by atoms with van der Waals surface area (Å²) in [5.74, 6) is 2.07. The molecule has 0 fully saturated rings. The van der Waals surface area contributed by atoms with Crippen LogP contribution in [-0.2, 0) is 0 Å². The molecule has 96 valence electrons. The lowest BCUT2D eigenvalue weighted by atomic mass is 10.2. The average Bonchev–Trinajstić information content (AvgIpc) is 2.86. The number of fused-ring (bicyclic) bond motifs is 1. The number of rotatable bonds is 3. The number of halogens is 1. The minimum absolute atomic E-state index is 0.264. The summed E-state index contributed by atoms with van der Waals surface area (Å²) in [6, 6.07) is 10.9. The van der Waals surface area contributed by atoms with Crippen LogP contribution in [0.3, 0.4) is 0 Å². The highest BCUT2D eigenvalue weighted by Gasteiger charge is 2.12. The number of ether oxygens (including phenoxy) is 2. The first-order chi connectivity index (χ1) is 9.31. The van der Waals surface area contributed by atoms with Gasteiger partial charge in [0.15, 0.2) is 11.5 Å². The van der Waals surface area contributed by atoms with Crippen LogP contribution in [-0.4, -0.2) is 18.0 Å². The summed E-state index contributed by atoms with van der Waals surface area (Å²) in [6.45, 7) is 0.264. The van der Waals surface area contributed by atoms with Crippen molar-refractivity contribution in [1.82, 2.24) is 4.98 Å². The Morgan fingerprint density at radius 2 is 2.11 bits per heavy atom. The third kappa shape index (κ3) is 2.77. The molecule has 0 amide bonds. The molecule has 0 unspecified atom stereocenters. The van der Waals surface area contributed by atoms with Gasteiger partial charge in [0, 0.05) is 0 Å². The fourth-order valence-electron chi connectivity index (χ4n) is 1.64. The van der Waals surface area contributed by atoms with Gasteiger partial charge in [-0.3, -0.25) is 5.43 Å². The van der Waals surface area contributed by atoms with Gasteiger partial charge in [0.1, 0.15) is 11.0 Å². The Morgan fingerprint density at radius 3 is 3.00 bits per heavy atom. The Hall–Kier alpha value is -2.27. The molecule has 19 heavy (non-hydrogen) atoms. The van der Waals surface area contributed by atoms with E-state index in [0.717, 1.165) is 17.1 Å². The number of pyridine rings is 1. The van der Waals surface area contributed by atoms with Crippen LogP contribution in [0.15, 0.2) is 41.5 Å². The van der Waals surface area contributed by atoms with Crippen molar-refractivity contribution in [3.63, 3.8) is 0 Å². The van der Waals surface area contributed by atoms with E-state index in [1.807, 2.05) is 18.2 Å². The van der Waals surface area contributed by atoms with Gasteiger partial charge >= 0.3 is 0 Å². The zero-order valence-corrected chi connectivity index (χ0v) is 10.6. The van der Waals surface area contributed by atoms with Gasteiger partial charge in [-0.05, 0) is 35.9 Å². The highest BCUT2D eigenvalue weighted by Crippen LogP contribution is 2.31. The SMILES string of the molecule is Clc1cccc(N/N=C\c2ccc3c(c2)OCO3)n1. The van der Waals surface area contributed by atoms with Crippen LogP contribution in [0.25, 0.3) is 0 Å². The second-order valence-corrected chi connectivity index (χ2v) is 4.22. The summed E-state index contributed by atoms with van der Waals surface area (Å²) < 4.78 is 10.5. The van der Waals surface area contributed by atoms with Crippen molar-refractivity contribution in [3.8, 4) is 11.5 Å². The van der Waals surface area contributed by atoms with Gasteiger partial charge < -0.3 is 9.47 Å². The highest BCUT2D eigenvalue weighted by atomic mass is 35.5. The Labute approximate surface area is 114 Å². The summed E-state index contributed by atoms with van der Waals surface area (Å²) in [6.07, 6.45) is 1.67. The third-order valence-corrected chi connectivity index (χ3v) is 2.71. The van der Waals surface area contributed by atoms with Crippen molar-refractivity contribution in [2.24, 2.45) is 5.10 Å². The van der Waals surface area contributed by atoms with Crippen molar-refractivity contribution >= 4 is 23.6 Å². The number of hydrogen-bond donors (Lipinski definition) is 1. The Kier molecular flexibility index (Phi) is 3.20. The van der Waals surface area contributed by atoms with Crippen LogP contribution in [0.2, 0.25) is 5.15 Å². The van der Waals surface area contributed by atoms with E-state index in [0.29, 0.717) is 11.0 Å². The van der Waals surface area contributed by atoms with Gasteiger partial charge in [-0.15, -0.1) is 0 Å². The zero-order valence-electron chi connectivity index (χ0n) is 9.84. The van der Waals surface area contributed by atoms with Crippen LogP contribution in [0.5, 0.6) is 11.5 Å². The molecule has 1 N–H and O–H groups in total. The first kappa shape index (κ1) is 11.8. The molecule has 1 aromatic carbocycles. The number of nitrogens with one attached hydrogen (secondary N) is 1. The van der Waals surface area contributed by atoms with E-state index in [2.05, 4.69) is 15.5 Å². The van der Waals surface area contributed by atoms with E-state index < -0.39 is 0 Å². The minimum Gasteiger partial charge on any atom is -0.454 e. The van der Waals surface area contributed by atoms with Crippen LogP contribution in [0, 0.1) is 0 Å². The minimum atomic E-state index is 0.264. The molecule has 2 heterocycles. The number of benzene rings is 1. The predicted octanol–water partition coefficient (Wildman–Crippen LogP) is 2.91. The lowest BCUT2D eigenvalue weighted by Gasteiger charge is -2.00. The number of nitrogens with zero attached hydrogens (tertiary/aromatic N) is 2. The maximum Gasteiger partial charge on any atom is 0.231 e. The zero-order chi connectivity index (χ0) is 13.1. The van der Waals surface area contributed by atoms with Gasteiger partial charge in [0.25, 0.3) is 0 Å². The van der Waals surface area contributed by atoms with Gasteiger partial charge in [0.2, 0.25) is 6.79 Å². The standard InChI is InChI=1S/C13H10ClN3O2/c14-12-2-1-3-13(16-12)17-15-7-9-4-5-10-11(6-9)19-8-18-10/h1-7H,8H2,(H,16,17)/b15-7-. The first-order valence-electron chi connectivity index (χ1n) is 5.62. The average molecular weight is 276 g/mol. The van der Waals surface area contributed by atoms with E-state index in [1.54, 1.807) is 24.4 Å². The molecule has 1 aliphatic rings. The van der Waals surface area contributed by atoms with Crippen LogP contribution in [0.4, 0.5) is 5.82 Å². The van der Waals surface area contributed by atoms with Crippen molar-refractivity contribution in [1.29, 1.82) is 0 Å². The summed E-state index contributed by atoms with van der Waals surface area (Å²) >= 11 is 5.77. The first-order valence-corrected chi connectivity index (χ1v) is 6.00. The highest BCUT2D eigenvalue weighted by molar-refractivity contribution is 6.29. The number of hydrazone groups is 1. The predicted molar refractivity (Wildman–Crippen MR) is 73.0 cm³/mol. The molecule has 0 saturated heterocycles. The lowest BCUT2D eigenvalue weighted by Crippen LogP contribution is -1.93. The largest absolute Gasteiger partial charge is 0.454 e. The molecular formula is C13H10ClN3O2. The van der Waals surface area contributed by atoms with E-state index >= 15 is 0 Å². The molecule has 3 rings (SSSR count). The Bertz CT molecular complexity index is 631. The third-order valence-electron chi connectivity index (χ3n) is 2.50. The number of anilines is 1. The quantitative estimate of drug-likeness (QED) is 0.532. The molecule has 0 bridgehead atoms. The van der Waals surface area contributed by atoms with E-state index in [1.165, 1.54) is 0 Å². The van der Waals surface area contributed by atoms with Crippen molar-refractivity contribution < 1.29 is 9.47 Å². The molecule has 1 aromatic heterocycles. The van der Waals surface area contributed by atoms with Gasteiger partial charge in [-0.2, -0.15) is 5.10 Å². The smallest absolute Gasteiger partial charge is 0.231 e. The van der Waals surface area contributed by atoms with E-state index in [4.69, 9.17) is 21.1 Å². The van der Waals surface area contributed by atoms with E-state index in [-0.39, 0.29) is 6.79 Å². The molecule has 0 aliphatic carbocycles. The number of hydrogen-bond acceptors (Lipinski definition) is 5. The molecule has 0 spiro atoms. The Morgan fingerprint density at radius 1 is 1.21 bits per heavy atom. The molecule has 2 aromatic rings. The van der Waals surface area contributed by atoms with Gasteiger partial charge in [0.05, 0.1) is 6.21 Å². The molecule has 5 nitrogen and oxygen atoms in total. The molecular weight excluding hydrogens is 266 g/mol. The maximum atomic E-state index is 5.77. The van der Waals surface area contributed by atoms with Gasteiger partial charge in [-0.25, -0.2) is 4.98 Å². The molecule has 6 heteroatoms. The molecule has 1 aliphatic heterocycles. The summed E-state index contributed by atoms with van der Waals surface area (Å²) in [7, 11) is 0. The van der Waals surface area contributed by atoms with Crippen molar-refractivity contribution in [3.05, 3.63) is 47.1 Å². The normalized spacial score (nSPS) is 12.9. The Balaban J connectivity index is 1.69. The summed E-state index contributed by atoms with van der Waals surface area (Å²) in [5, 5.41) is 4.51. The number of aromatic nitrogens is 1. The van der Waals surface area contributed by atoms with Crippen LogP contribution >= 0.6 is 11.6 Å². The van der Waals surface area contributed by atoms with Crippen LogP contribution < -0.4 is 14.9 Å².